The van der Waals surface area contributed by atoms with E-state index < -0.39 is 37.1 Å². The van der Waals surface area contributed by atoms with Crippen molar-refractivity contribution in [3.05, 3.63) is 11.1 Å². The molecule has 18 heavy (non-hydrogen) atoms. The molecule has 0 radical (unpaired) electrons. The molecule has 1 rings (SSSR count). The van der Waals surface area contributed by atoms with Crippen LogP contribution in [0.25, 0.3) is 0 Å². The summed E-state index contributed by atoms with van der Waals surface area (Å²) in [5, 5.41) is -1.32. The first-order chi connectivity index (χ1) is 8.04. The first-order valence-corrected chi connectivity index (χ1v) is 6.68. The van der Waals surface area contributed by atoms with Crippen molar-refractivity contribution in [2.45, 2.75) is 11.4 Å². The van der Waals surface area contributed by atoms with Gasteiger partial charge in [0.2, 0.25) is 0 Å². The molecular formula is C7H4Cl2F3NO4S. The van der Waals surface area contributed by atoms with Crippen LogP contribution in [-0.4, -0.2) is 26.9 Å². The Hall–Kier alpha value is -0.930. The van der Waals surface area contributed by atoms with Gasteiger partial charge in [0.1, 0.15) is 0 Å². The second-order valence-electron chi connectivity index (χ2n) is 2.77. The van der Waals surface area contributed by atoms with Crippen LogP contribution in [0.1, 0.15) is 0 Å². The number of alkyl halides is 3. The van der Waals surface area contributed by atoms with E-state index in [2.05, 4.69) is 14.5 Å². The number of hydrogen-bond acceptors (Lipinski definition) is 5. The van der Waals surface area contributed by atoms with Gasteiger partial charge in [-0.15, -0.1) is 13.2 Å². The third-order valence-corrected chi connectivity index (χ3v) is 3.00. The van der Waals surface area contributed by atoms with Gasteiger partial charge in [-0.25, -0.2) is 8.42 Å². The van der Waals surface area contributed by atoms with Crippen LogP contribution in [0.4, 0.5) is 13.2 Å². The highest BCUT2D eigenvalue weighted by Crippen LogP contribution is 2.38. The third kappa shape index (κ3) is 3.79. The molecule has 0 spiro atoms. The van der Waals surface area contributed by atoms with Gasteiger partial charge in [-0.05, 0) is 6.07 Å². The van der Waals surface area contributed by atoms with Gasteiger partial charge in [-0.3, -0.25) is 0 Å². The van der Waals surface area contributed by atoms with Crippen molar-refractivity contribution in [1.29, 1.82) is 0 Å². The summed E-state index contributed by atoms with van der Waals surface area (Å²) in [6.07, 6.45) is -5.09. The first kappa shape index (κ1) is 15.1. The number of nitrogens with zero attached hydrogens (tertiary/aromatic N) is 1. The maximum atomic E-state index is 12.1. The van der Waals surface area contributed by atoms with Crippen molar-refractivity contribution in [2.24, 2.45) is 0 Å². The summed E-state index contributed by atoms with van der Waals surface area (Å²) >= 11 is 5.53. The Kier molecular flexibility index (Phi) is 4.19. The molecule has 0 atom stereocenters. The number of methoxy groups -OCH3 is 1. The molecular weight excluding hydrogens is 322 g/mol. The molecule has 0 aliphatic heterocycles. The molecule has 0 aromatic carbocycles. The number of halogens is 5. The summed E-state index contributed by atoms with van der Waals surface area (Å²) in [5.41, 5.74) is 0. The second-order valence-corrected chi connectivity index (χ2v) is 5.69. The van der Waals surface area contributed by atoms with Crippen LogP contribution in [0.5, 0.6) is 11.6 Å². The topological polar surface area (TPSA) is 65.5 Å². The lowest BCUT2D eigenvalue weighted by Gasteiger charge is -2.13. The van der Waals surface area contributed by atoms with Crippen molar-refractivity contribution in [2.75, 3.05) is 7.11 Å². The van der Waals surface area contributed by atoms with E-state index in [1.54, 1.807) is 0 Å². The van der Waals surface area contributed by atoms with Crippen LogP contribution in [0.2, 0.25) is 5.02 Å². The minimum atomic E-state index is -5.09. The number of rotatable bonds is 3. The molecule has 0 amide bonds. The third-order valence-electron chi connectivity index (χ3n) is 1.54. The zero-order chi connectivity index (χ0) is 14.1. The van der Waals surface area contributed by atoms with Crippen LogP contribution in [0.15, 0.2) is 11.1 Å². The van der Waals surface area contributed by atoms with Gasteiger partial charge in [0, 0.05) is 10.7 Å². The maximum absolute atomic E-state index is 12.1. The van der Waals surface area contributed by atoms with Gasteiger partial charge in [0.15, 0.2) is 10.8 Å². The highest BCUT2D eigenvalue weighted by Gasteiger charge is 2.35. The van der Waals surface area contributed by atoms with Gasteiger partial charge >= 0.3 is 6.36 Å². The summed E-state index contributed by atoms with van der Waals surface area (Å²) < 4.78 is 66.2. The van der Waals surface area contributed by atoms with E-state index in [-0.39, 0.29) is 0 Å². The van der Waals surface area contributed by atoms with E-state index in [0.717, 1.165) is 13.2 Å². The lowest BCUT2D eigenvalue weighted by Crippen LogP contribution is -2.19. The molecule has 0 fully saturated rings. The lowest BCUT2D eigenvalue weighted by molar-refractivity contribution is -0.276. The van der Waals surface area contributed by atoms with E-state index in [1.165, 1.54) is 0 Å². The molecule has 1 heterocycles. The van der Waals surface area contributed by atoms with E-state index >= 15 is 0 Å². The molecule has 1 aromatic rings. The highest BCUT2D eigenvalue weighted by atomic mass is 35.7. The minimum Gasteiger partial charge on any atom is -0.490 e. The quantitative estimate of drug-likeness (QED) is 0.799. The predicted octanol–water partition coefficient (Wildman–Crippen LogP) is 2.57. The molecule has 102 valence electrons. The first-order valence-electron chi connectivity index (χ1n) is 3.99. The molecule has 0 unspecified atom stereocenters. The van der Waals surface area contributed by atoms with Gasteiger partial charge in [-0.1, -0.05) is 11.6 Å². The molecule has 0 bridgehead atoms. The van der Waals surface area contributed by atoms with Crippen LogP contribution in [-0.2, 0) is 9.05 Å². The Balaban J connectivity index is 3.42. The predicted molar refractivity (Wildman–Crippen MR) is 55.5 cm³/mol. The van der Waals surface area contributed by atoms with Crippen molar-refractivity contribution in [3.8, 4) is 11.6 Å². The summed E-state index contributed by atoms with van der Waals surface area (Å²) in [6.45, 7) is 0. The second kappa shape index (κ2) is 4.98. The Morgan fingerprint density at radius 3 is 2.33 bits per heavy atom. The zero-order valence-electron chi connectivity index (χ0n) is 8.46. The number of hydrogen-bond donors (Lipinski definition) is 0. The zero-order valence-corrected chi connectivity index (χ0v) is 10.8. The standard InChI is InChI=1S/C7H4Cl2F3NO4S/c1-16-5-3(8)2-4(18(9,14)15)13-6(5)17-7(10,11)12/h2H,1H3. The Labute approximate surface area is 109 Å². The van der Waals surface area contributed by atoms with E-state index in [9.17, 15) is 21.6 Å². The van der Waals surface area contributed by atoms with Gasteiger partial charge < -0.3 is 9.47 Å². The van der Waals surface area contributed by atoms with Crippen molar-refractivity contribution in [3.63, 3.8) is 0 Å². The van der Waals surface area contributed by atoms with Gasteiger partial charge in [0.25, 0.3) is 14.9 Å². The van der Waals surface area contributed by atoms with Crippen LogP contribution in [0.3, 0.4) is 0 Å². The Morgan fingerprint density at radius 2 is 1.94 bits per heavy atom. The molecule has 0 N–H and O–H groups in total. The van der Waals surface area contributed by atoms with E-state index in [0.29, 0.717) is 0 Å². The highest BCUT2D eigenvalue weighted by molar-refractivity contribution is 8.13. The largest absolute Gasteiger partial charge is 0.574 e. The molecule has 0 saturated heterocycles. The molecule has 0 aliphatic carbocycles. The Bertz CT molecular complexity index is 561. The lowest BCUT2D eigenvalue weighted by atomic mass is 10.4. The van der Waals surface area contributed by atoms with Crippen molar-refractivity contribution < 1.29 is 31.1 Å². The van der Waals surface area contributed by atoms with Crippen LogP contribution in [0, 0.1) is 0 Å². The SMILES string of the molecule is COc1c(Cl)cc(S(=O)(=O)Cl)nc1OC(F)(F)F. The fourth-order valence-corrected chi connectivity index (χ4v) is 1.96. The molecule has 0 saturated carbocycles. The average molecular weight is 326 g/mol. The van der Waals surface area contributed by atoms with E-state index in [1.807, 2.05) is 0 Å². The summed E-state index contributed by atoms with van der Waals surface area (Å²) in [4.78, 5) is 3.09. The normalized spacial score (nSPS) is 12.3. The van der Waals surface area contributed by atoms with Gasteiger partial charge in [0.05, 0.1) is 12.1 Å². The van der Waals surface area contributed by atoms with Crippen LogP contribution < -0.4 is 9.47 Å². The maximum Gasteiger partial charge on any atom is 0.574 e. The number of aromatic nitrogens is 1. The minimum absolute atomic E-state index is 0.439. The van der Waals surface area contributed by atoms with Crippen molar-refractivity contribution in [1.82, 2.24) is 4.98 Å². The molecule has 11 heteroatoms. The monoisotopic (exact) mass is 325 g/mol. The van der Waals surface area contributed by atoms with Crippen molar-refractivity contribution >= 4 is 31.3 Å². The number of pyridine rings is 1. The molecule has 0 aliphatic rings. The fraction of sp³-hybridized carbons (Fsp3) is 0.286. The van der Waals surface area contributed by atoms with Gasteiger partial charge in [-0.2, -0.15) is 4.98 Å². The fourth-order valence-electron chi connectivity index (χ4n) is 0.948. The Morgan fingerprint density at radius 1 is 1.39 bits per heavy atom. The smallest absolute Gasteiger partial charge is 0.490 e. The number of ether oxygens (including phenoxy) is 2. The molecule has 1 aromatic heterocycles. The van der Waals surface area contributed by atoms with E-state index in [4.69, 9.17) is 22.3 Å². The van der Waals surface area contributed by atoms with Crippen LogP contribution >= 0.6 is 22.3 Å². The average Bonchev–Trinajstić information content (AvgIpc) is 2.13. The summed E-state index contributed by atoms with van der Waals surface area (Å²) in [7, 11) is 1.60. The molecule has 5 nitrogen and oxygen atoms in total. The summed E-state index contributed by atoms with van der Waals surface area (Å²) in [6, 6.07) is 0.742. The summed E-state index contributed by atoms with van der Waals surface area (Å²) in [5.74, 6) is -1.70.